The molecule has 2 aliphatic rings. The van der Waals surface area contributed by atoms with Crippen molar-refractivity contribution in [3.05, 3.63) is 81.2 Å². The van der Waals surface area contributed by atoms with Crippen molar-refractivity contribution in [2.75, 3.05) is 5.32 Å². The van der Waals surface area contributed by atoms with Crippen LogP contribution in [0.5, 0.6) is 0 Å². The Morgan fingerprint density at radius 1 is 1.16 bits per heavy atom. The van der Waals surface area contributed by atoms with Crippen LogP contribution >= 0.6 is 0 Å². The van der Waals surface area contributed by atoms with Crippen molar-refractivity contribution in [3.63, 3.8) is 0 Å². The van der Waals surface area contributed by atoms with E-state index in [-0.39, 0.29) is 11.7 Å². The molecular formula is C26H27FN4O. The number of fused-ring (bicyclic) bond motifs is 1. The lowest BCUT2D eigenvalue weighted by Gasteiger charge is -2.18. The minimum Gasteiger partial charge on any atom is -0.319 e. The van der Waals surface area contributed by atoms with E-state index in [0.717, 1.165) is 65.3 Å². The molecule has 1 amide bonds. The predicted octanol–water partition coefficient (Wildman–Crippen LogP) is 5.56. The molecule has 0 unspecified atom stereocenters. The summed E-state index contributed by atoms with van der Waals surface area (Å²) in [6.07, 6.45) is 6.27. The number of carbonyl (C=O) groups excluding carboxylic acids is 1. The lowest BCUT2D eigenvalue weighted by atomic mass is 9.92. The van der Waals surface area contributed by atoms with E-state index in [1.807, 2.05) is 24.6 Å². The molecule has 0 radical (unpaired) electrons. The Morgan fingerprint density at radius 2 is 1.91 bits per heavy atom. The van der Waals surface area contributed by atoms with Crippen LogP contribution in [-0.4, -0.2) is 20.7 Å². The van der Waals surface area contributed by atoms with Crippen molar-refractivity contribution in [1.82, 2.24) is 14.8 Å². The number of anilines is 1. The molecular weight excluding hydrogens is 403 g/mol. The van der Waals surface area contributed by atoms with Crippen molar-refractivity contribution < 1.29 is 9.18 Å². The molecule has 2 heterocycles. The van der Waals surface area contributed by atoms with Crippen molar-refractivity contribution in [1.29, 1.82) is 0 Å². The summed E-state index contributed by atoms with van der Waals surface area (Å²) in [6, 6.07) is 8.38. The standard InChI is InChI=1S/C26H27FN4O/c1-15-4-11-23-21(12-15)22(13-24(28-23)19-7-8-19)26(32)29-25-16(2)30-31(17(25)3)14-18-5-9-20(27)10-6-18/h5-6,9-10,12-13,19H,4,7-8,11,14H2,1-3H3,(H,29,32). The van der Waals surface area contributed by atoms with E-state index in [0.29, 0.717) is 18.0 Å². The van der Waals surface area contributed by atoms with Crippen LogP contribution < -0.4 is 5.32 Å². The lowest BCUT2D eigenvalue weighted by molar-refractivity contribution is 0.102. The first-order valence-electron chi connectivity index (χ1n) is 11.2. The second-order valence-electron chi connectivity index (χ2n) is 9.00. The molecule has 3 aromatic rings. The molecule has 32 heavy (non-hydrogen) atoms. The average molecular weight is 431 g/mol. The van der Waals surface area contributed by atoms with Gasteiger partial charge in [-0.2, -0.15) is 5.10 Å². The molecule has 0 aliphatic heterocycles. The van der Waals surface area contributed by atoms with Gasteiger partial charge >= 0.3 is 0 Å². The Hall–Kier alpha value is -3.28. The van der Waals surface area contributed by atoms with Crippen LogP contribution in [0.4, 0.5) is 10.1 Å². The molecule has 5 rings (SSSR count). The highest BCUT2D eigenvalue weighted by Gasteiger charge is 2.29. The van der Waals surface area contributed by atoms with E-state index in [9.17, 15) is 9.18 Å². The Balaban J connectivity index is 1.45. The molecule has 5 nitrogen and oxygen atoms in total. The number of hydrogen-bond acceptors (Lipinski definition) is 3. The zero-order chi connectivity index (χ0) is 22.4. The zero-order valence-corrected chi connectivity index (χ0v) is 18.7. The van der Waals surface area contributed by atoms with Crippen LogP contribution in [0.25, 0.3) is 6.08 Å². The van der Waals surface area contributed by atoms with Gasteiger partial charge in [0.05, 0.1) is 29.2 Å². The van der Waals surface area contributed by atoms with Crippen molar-refractivity contribution in [3.8, 4) is 0 Å². The predicted molar refractivity (Wildman–Crippen MR) is 123 cm³/mol. The summed E-state index contributed by atoms with van der Waals surface area (Å²) in [4.78, 5) is 18.3. The second-order valence-corrected chi connectivity index (χ2v) is 9.00. The largest absolute Gasteiger partial charge is 0.319 e. The molecule has 2 aliphatic carbocycles. The van der Waals surface area contributed by atoms with Crippen LogP contribution in [0.15, 0.2) is 35.9 Å². The summed E-state index contributed by atoms with van der Waals surface area (Å²) in [7, 11) is 0. The fraction of sp³-hybridized carbons (Fsp3) is 0.346. The number of benzene rings is 1. The quantitative estimate of drug-likeness (QED) is 0.576. The average Bonchev–Trinajstić information content (AvgIpc) is 3.59. The Labute approximate surface area is 187 Å². The third-order valence-electron chi connectivity index (χ3n) is 6.41. The Morgan fingerprint density at radius 3 is 2.62 bits per heavy atom. The minimum absolute atomic E-state index is 0.121. The Bertz CT molecular complexity index is 1240. The topological polar surface area (TPSA) is 59.8 Å². The second kappa shape index (κ2) is 8.01. The van der Waals surface area contributed by atoms with Crippen LogP contribution in [0.2, 0.25) is 0 Å². The van der Waals surface area contributed by atoms with Gasteiger partial charge in [0.15, 0.2) is 0 Å². The van der Waals surface area contributed by atoms with Crippen molar-refractivity contribution in [2.24, 2.45) is 0 Å². The first-order valence-corrected chi connectivity index (χ1v) is 11.2. The number of aryl methyl sites for hydroxylation is 2. The number of hydrogen-bond donors (Lipinski definition) is 1. The molecule has 0 spiro atoms. The number of rotatable bonds is 5. The van der Waals surface area contributed by atoms with Crippen LogP contribution in [-0.2, 0) is 13.0 Å². The van der Waals surface area contributed by atoms with E-state index in [4.69, 9.17) is 4.98 Å². The number of allylic oxidation sites excluding steroid dienone is 1. The molecule has 2 aromatic heterocycles. The Kier molecular flexibility index (Phi) is 5.16. The van der Waals surface area contributed by atoms with Gasteiger partial charge in [0.1, 0.15) is 5.82 Å². The molecule has 1 aromatic carbocycles. The number of nitrogens with one attached hydrogen (secondary N) is 1. The molecule has 1 N–H and O–H groups in total. The van der Waals surface area contributed by atoms with Crippen LogP contribution in [0.1, 0.15) is 76.4 Å². The molecule has 164 valence electrons. The fourth-order valence-corrected chi connectivity index (χ4v) is 4.37. The third kappa shape index (κ3) is 3.97. The summed E-state index contributed by atoms with van der Waals surface area (Å²) in [5.74, 6) is 0.107. The maximum absolute atomic E-state index is 13.5. The molecule has 0 atom stereocenters. The highest BCUT2D eigenvalue weighted by atomic mass is 19.1. The van der Waals surface area contributed by atoms with Crippen LogP contribution in [0, 0.1) is 19.7 Å². The third-order valence-corrected chi connectivity index (χ3v) is 6.41. The van der Waals surface area contributed by atoms with E-state index in [2.05, 4.69) is 23.4 Å². The summed E-state index contributed by atoms with van der Waals surface area (Å²) in [5.41, 5.74) is 8.30. The number of amides is 1. The maximum Gasteiger partial charge on any atom is 0.256 e. The monoisotopic (exact) mass is 430 g/mol. The summed E-state index contributed by atoms with van der Waals surface area (Å²) in [6.45, 7) is 6.46. The highest BCUT2D eigenvalue weighted by molar-refractivity contribution is 6.07. The van der Waals surface area contributed by atoms with Gasteiger partial charge < -0.3 is 5.32 Å². The van der Waals surface area contributed by atoms with E-state index in [1.54, 1.807) is 12.1 Å². The van der Waals surface area contributed by atoms with E-state index < -0.39 is 0 Å². The normalized spacial score (nSPS) is 15.3. The van der Waals surface area contributed by atoms with Crippen molar-refractivity contribution in [2.45, 2.75) is 58.9 Å². The zero-order valence-electron chi connectivity index (χ0n) is 18.7. The molecule has 0 bridgehead atoms. The molecule has 6 heteroatoms. The van der Waals surface area contributed by atoms with Gasteiger partial charge in [0.2, 0.25) is 0 Å². The first kappa shape index (κ1) is 20.6. The van der Waals surface area contributed by atoms with Gasteiger partial charge in [0.25, 0.3) is 5.91 Å². The first-order chi connectivity index (χ1) is 15.4. The van der Waals surface area contributed by atoms with Gasteiger partial charge in [-0.3, -0.25) is 14.5 Å². The van der Waals surface area contributed by atoms with Crippen molar-refractivity contribution >= 4 is 17.7 Å². The number of aromatic nitrogens is 3. The number of carbonyl (C=O) groups is 1. The van der Waals surface area contributed by atoms with Gasteiger partial charge in [-0.05, 0) is 70.2 Å². The molecule has 1 fully saturated rings. The van der Waals surface area contributed by atoms with E-state index >= 15 is 0 Å². The van der Waals surface area contributed by atoms with E-state index in [1.165, 1.54) is 17.7 Å². The molecule has 0 saturated heterocycles. The number of halogens is 1. The molecule has 1 saturated carbocycles. The van der Waals surface area contributed by atoms with Gasteiger partial charge in [-0.15, -0.1) is 0 Å². The lowest BCUT2D eigenvalue weighted by Crippen LogP contribution is -2.18. The highest BCUT2D eigenvalue weighted by Crippen LogP contribution is 2.41. The summed E-state index contributed by atoms with van der Waals surface area (Å²) < 4.78 is 15.1. The smallest absolute Gasteiger partial charge is 0.256 e. The maximum atomic E-state index is 13.5. The van der Waals surface area contributed by atoms with Gasteiger partial charge in [0, 0.05) is 22.9 Å². The summed E-state index contributed by atoms with van der Waals surface area (Å²) in [5, 5.41) is 7.74. The SMILES string of the molecule is CC1=Cc2c(C(=O)Nc3c(C)nn(Cc4ccc(F)cc4)c3C)cc(C3CC3)nc2CC1. The van der Waals surface area contributed by atoms with Gasteiger partial charge in [-0.1, -0.05) is 23.8 Å². The van der Waals surface area contributed by atoms with Gasteiger partial charge in [-0.25, -0.2) is 4.39 Å². The number of nitrogens with zero attached hydrogens (tertiary/aromatic N) is 3. The minimum atomic E-state index is -0.259. The van der Waals surface area contributed by atoms with Crippen LogP contribution in [0.3, 0.4) is 0 Å². The number of pyridine rings is 1. The fourth-order valence-electron chi connectivity index (χ4n) is 4.37. The summed E-state index contributed by atoms with van der Waals surface area (Å²) >= 11 is 0.